The molecule has 0 bridgehead atoms. The maximum Gasteiger partial charge on any atom is 0.0888 e. The smallest absolute Gasteiger partial charge is 0.0888 e. The van der Waals surface area contributed by atoms with Crippen molar-refractivity contribution in [2.45, 2.75) is 50.8 Å². The standard InChI is InChI=1S/C15H26ClN3O2/c1-4-17-14(15(21-3)7-5-6-8-15)13-12(16)11-18-19(13)9-10-20-2/h11,14,17H,4-10H2,1-3H3. The van der Waals surface area contributed by atoms with E-state index >= 15 is 0 Å². The number of hydrogen-bond acceptors (Lipinski definition) is 4. The Labute approximate surface area is 131 Å². The summed E-state index contributed by atoms with van der Waals surface area (Å²) in [6.07, 6.45) is 6.20. The van der Waals surface area contributed by atoms with Crippen molar-refractivity contribution in [3.63, 3.8) is 0 Å². The zero-order chi connectivity index (χ0) is 15.3. The topological polar surface area (TPSA) is 48.3 Å². The first-order valence-electron chi connectivity index (χ1n) is 7.67. The molecule has 1 aromatic heterocycles. The van der Waals surface area contributed by atoms with Crippen LogP contribution in [0.5, 0.6) is 0 Å². The van der Waals surface area contributed by atoms with Crippen LogP contribution in [0.4, 0.5) is 0 Å². The highest BCUT2D eigenvalue weighted by atomic mass is 35.5. The third-order valence-electron chi connectivity index (χ3n) is 4.40. The third kappa shape index (κ3) is 3.42. The fraction of sp³-hybridized carbons (Fsp3) is 0.800. The predicted molar refractivity (Wildman–Crippen MR) is 83.7 cm³/mol. The van der Waals surface area contributed by atoms with Crippen LogP contribution in [0.1, 0.15) is 44.3 Å². The molecule has 120 valence electrons. The summed E-state index contributed by atoms with van der Waals surface area (Å²) in [6, 6.07) is 0.0573. The van der Waals surface area contributed by atoms with Gasteiger partial charge in [0.05, 0.1) is 41.7 Å². The van der Waals surface area contributed by atoms with Crippen molar-refractivity contribution in [1.29, 1.82) is 0 Å². The second-order valence-electron chi connectivity index (χ2n) is 5.56. The van der Waals surface area contributed by atoms with Crippen molar-refractivity contribution in [3.05, 3.63) is 16.9 Å². The molecule has 1 fully saturated rings. The van der Waals surface area contributed by atoms with E-state index in [9.17, 15) is 0 Å². The summed E-state index contributed by atoms with van der Waals surface area (Å²) in [4.78, 5) is 0. The van der Waals surface area contributed by atoms with Gasteiger partial charge >= 0.3 is 0 Å². The van der Waals surface area contributed by atoms with Gasteiger partial charge in [-0.05, 0) is 19.4 Å². The molecule has 21 heavy (non-hydrogen) atoms. The molecule has 0 amide bonds. The molecule has 2 rings (SSSR count). The van der Waals surface area contributed by atoms with E-state index in [2.05, 4.69) is 17.3 Å². The summed E-state index contributed by atoms with van der Waals surface area (Å²) in [5, 5.41) is 8.66. The van der Waals surface area contributed by atoms with Crippen LogP contribution in [-0.4, -0.2) is 42.8 Å². The van der Waals surface area contributed by atoms with Crippen LogP contribution >= 0.6 is 11.6 Å². The second kappa shape index (κ2) is 7.58. The van der Waals surface area contributed by atoms with Gasteiger partial charge in [0.15, 0.2) is 0 Å². The molecule has 1 unspecified atom stereocenters. The SMILES string of the molecule is CCNC(c1c(Cl)cnn1CCOC)C1(OC)CCCC1. The number of nitrogens with zero attached hydrogens (tertiary/aromatic N) is 2. The number of hydrogen-bond donors (Lipinski definition) is 1. The van der Waals surface area contributed by atoms with Crippen LogP contribution in [0.3, 0.4) is 0 Å². The van der Waals surface area contributed by atoms with Gasteiger partial charge in [0.1, 0.15) is 0 Å². The highest BCUT2D eigenvalue weighted by Gasteiger charge is 2.44. The first kappa shape index (κ1) is 16.7. The zero-order valence-corrected chi connectivity index (χ0v) is 13.9. The van der Waals surface area contributed by atoms with Gasteiger partial charge in [-0.3, -0.25) is 4.68 Å². The fourth-order valence-electron chi connectivity index (χ4n) is 3.33. The van der Waals surface area contributed by atoms with Gasteiger partial charge in [0, 0.05) is 14.2 Å². The van der Waals surface area contributed by atoms with E-state index in [4.69, 9.17) is 21.1 Å². The average Bonchev–Trinajstić information content (AvgIpc) is 3.11. The summed E-state index contributed by atoms with van der Waals surface area (Å²) in [7, 11) is 3.50. The van der Waals surface area contributed by atoms with Gasteiger partial charge in [0.25, 0.3) is 0 Å². The molecule has 6 heteroatoms. The minimum atomic E-state index is -0.190. The second-order valence-corrected chi connectivity index (χ2v) is 5.97. The summed E-state index contributed by atoms with van der Waals surface area (Å²) in [5.74, 6) is 0. The van der Waals surface area contributed by atoms with Gasteiger partial charge in [-0.2, -0.15) is 5.10 Å². The Balaban J connectivity index is 2.35. The van der Waals surface area contributed by atoms with Crippen LogP contribution in [0, 0.1) is 0 Å². The highest BCUT2D eigenvalue weighted by Crippen LogP contribution is 2.44. The lowest BCUT2D eigenvalue weighted by Gasteiger charge is -2.37. The van der Waals surface area contributed by atoms with Gasteiger partial charge in [-0.1, -0.05) is 31.4 Å². The number of rotatable bonds is 8. The molecular weight excluding hydrogens is 290 g/mol. The molecule has 1 aliphatic rings. The van der Waals surface area contributed by atoms with Crippen molar-refractivity contribution in [2.24, 2.45) is 0 Å². The summed E-state index contributed by atoms with van der Waals surface area (Å²) in [6.45, 7) is 4.28. The lowest BCUT2D eigenvalue weighted by Crippen LogP contribution is -2.44. The third-order valence-corrected chi connectivity index (χ3v) is 4.70. The Hall–Kier alpha value is -0.620. The number of likely N-dealkylation sites (N-methyl/N-ethyl adjacent to an activating group) is 1. The number of methoxy groups -OCH3 is 2. The molecule has 0 aromatic carbocycles. The van der Waals surface area contributed by atoms with E-state index in [0.29, 0.717) is 18.2 Å². The molecule has 1 aliphatic carbocycles. The first-order chi connectivity index (χ1) is 10.2. The van der Waals surface area contributed by atoms with E-state index < -0.39 is 0 Å². The maximum atomic E-state index is 6.43. The molecular formula is C15H26ClN3O2. The van der Waals surface area contributed by atoms with Crippen molar-refractivity contribution >= 4 is 11.6 Å². The number of nitrogens with one attached hydrogen (secondary N) is 1. The molecule has 1 aromatic rings. The van der Waals surface area contributed by atoms with Gasteiger partial charge in [-0.25, -0.2) is 0 Å². The van der Waals surface area contributed by atoms with E-state index in [1.165, 1.54) is 12.8 Å². The molecule has 5 nitrogen and oxygen atoms in total. The van der Waals surface area contributed by atoms with E-state index in [0.717, 1.165) is 25.1 Å². The monoisotopic (exact) mass is 315 g/mol. The maximum absolute atomic E-state index is 6.43. The quantitative estimate of drug-likeness (QED) is 0.801. The van der Waals surface area contributed by atoms with Crippen molar-refractivity contribution in [1.82, 2.24) is 15.1 Å². The lowest BCUT2D eigenvalue weighted by molar-refractivity contribution is -0.0388. The van der Waals surface area contributed by atoms with E-state index in [-0.39, 0.29) is 11.6 Å². The Kier molecular flexibility index (Phi) is 6.05. The minimum Gasteiger partial charge on any atom is -0.383 e. The zero-order valence-electron chi connectivity index (χ0n) is 13.2. The van der Waals surface area contributed by atoms with Crippen molar-refractivity contribution in [3.8, 4) is 0 Å². The van der Waals surface area contributed by atoms with Crippen LogP contribution in [0.15, 0.2) is 6.20 Å². The molecule has 1 heterocycles. The number of aromatic nitrogens is 2. The molecule has 0 saturated heterocycles. The van der Waals surface area contributed by atoms with Crippen LogP contribution in [0.2, 0.25) is 5.02 Å². The van der Waals surface area contributed by atoms with Crippen molar-refractivity contribution in [2.75, 3.05) is 27.4 Å². The number of ether oxygens (including phenoxy) is 2. The highest BCUT2D eigenvalue weighted by molar-refractivity contribution is 6.31. The fourth-order valence-corrected chi connectivity index (χ4v) is 3.59. The Morgan fingerprint density at radius 3 is 2.71 bits per heavy atom. The molecule has 0 aliphatic heterocycles. The Morgan fingerprint density at radius 2 is 2.14 bits per heavy atom. The van der Waals surface area contributed by atoms with E-state index in [1.54, 1.807) is 20.4 Å². The van der Waals surface area contributed by atoms with Crippen molar-refractivity contribution < 1.29 is 9.47 Å². The Morgan fingerprint density at radius 1 is 1.43 bits per heavy atom. The first-order valence-corrected chi connectivity index (χ1v) is 8.05. The summed E-state index contributed by atoms with van der Waals surface area (Å²) >= 11 is 6.43. The Bertz CT molecular complexity index is 444. The predicted octanol–water partition coefficient (Wildman–Crippen LogP) is 2.79. The van der Waals surface area contributed by atoms with Crippen LogP contribution in [-0.2, 0) is 16.0 Å². The minimum absolute atomic E-state index is 0.0573. The molecule has 0 radical (unpaired) electrons. The van der Waals surface area contributed by atoms with Gasteiger partial charge in [0.2, 0.25) is 0 Å². The normalized spacial score (nSPS) is 19.0. The molecule has 1 saturated carbocycles. The number of halogens is 1. The van der Waals surface area contributed by atoms with Crippen LogP contribution < -0.4 is 5.32 Å². The molecule has 1 N–H and O–H groups in total. The molecule has 0 spiro atoms. The molecule has 1 atom stereocenters. The van der Waals surface area contributed by atoms with Crippen LogP contribution in [0.25, 0.3) is 0 Å². The van der Waals surface area contributed by atoms with E-state index in [1.807, 2.05) is 4.68 Å². The van der Waals surface area contributed by atoms with Gasteiger partial charge in [-0.15, -0.1) is 0 Å². The van der Waals surface area contributed by atoms with Gasteiger partial charge < -0.3 is 14.8 Å². The average molecular weight is 316 g/mol. The summed E-state index contributed by atoms with van der Waals surface area (Å²) in [5.41, 5.74) is 0.823. The lowest BCUT2D eigenvalue weighted by atomic mass is 9.89. The largest absolute Gasteiger partial charge is 0.383 e. The summed E-state index contributed by atoms with van der Waals surface area (Å²) < 4.78 is 13.1.